The van der Waals surface area contributed by atoms with Gasteiger partial charge in [0.25, 0.3) is 0 Å². The van der Waals surface area contributed by atoms with Crippen LogP contribution in [-0.4, -0.2) is 38.6 Å². The summed E-state index contributed by atoms with van der Waals surface area (Å²) >= 11 is 0. The van der Waals surface area contributed by atoms with E-state index in [2.05, 4.69) is 12.1 Å². The number of ether oxygens (including phenoxy) is 4. The highest BCUT2D eigenvalue weighted by atomic mass is 16.6. The molecule has 0 N–H and O–H groups in total. The summed E-state index contributed by atoms with van der Waals surface area (Å²) in [6, 6.07) is 12.2. The van der Waals surface area contributed by atoms with E-state index in [9.17, 15) is 0 Å². The van der Waals surface area contributed by atoms with Gasteiger partial charge in [0.05, 0.1) is 13.2 Å². The van der Waals surface area contributed by atoms with E-state index in [4.69, 9.17) is 18.9 Å². The molecule has 2 aliphatic heterocycles. The molecule has 20 heavy (non-hydrogen) atoms. The lowest BCUT2D eigenvalue weighted by atomic mass is 10.1. The standard InChI is InChI=1S/C16H16O4/c1-2-4-15-11(3-1)5-12(17-7-13-8-18-13)6-16(15)20-10-14-9-19-14/h1-6,13-14H,7-10H2/t13-,14?/m0/s1. The molecule has 0 saturated carbocycles. The lowest BCUT2D eigenvalue weighted by molar-refractivity contribution is 0.254. The zero-order chi connectivity index (χ0) is 13.4. The molecule has 1 unspecified atom stereocenters. The van der Waals surface area contributed by atoms with Crippen LogP contribution in [0.3, 0.4) is 0 Å². The summed E-state index contributed by atoms with van der Waals surface area (Å²) < 4.78 is 22.0. The number of hydrogen-bond acceptors (Lipinski definition) is 4. The van der Waals surface area contributed by atoms with Gasteiger partial charge in [0, 0.05) is 11.5 Å². The predicted octanol–water partition coefficient (Wildman–Crippen LogP) is 2.40. The van der Waals surface area contributed by atoms with Crippen LogP contribution in [0.5, 0.6) is 11.5 Å². The van der Waals surface area contributed by atoms with Gasteiger partial charge in [-0.25, -0.2) is 0 Å². The molecule has 2 fully saturated rings. The third-order valence-corrected chi connectivity index (χ3v) is 3.46. The third-order valence-electron chi connectivity index (χ3n) is 3.46. The van der Waals surface area contributed by atoms with Crippen molar-refractivity contribution in [2.45, 2.75) is 12.2 Å². The second-order valence-electron chi connectivity index (χ2n) is 5.18. The fourth-order valence-corrected chi connectivity index (χ4v) is 2.15. The van der Waals surface area contributed by atoms with Crippen molar-refractivity contribution in [3.63, 3.8) is 0 Å². The molecule has 2 aromatic carbocycles. The Bertz CT molecular complexity index is 617. The number of epoxide rings is 2. The number of benzene rings is 2. The van der Waals surface area contributed by atoms with E-state index in [1.54, 1.807) is 0 Å². The minimum atomic E-state index is 0.248. The minimum absolute atomic E-state index is 0.248. The maximum atomic E-state index is 5.87. The van der Waals surface area contributed by atoms with Gasteiger partial charge in [0.2, 0.25) is 0 Å². The van der Waals surface area contributed by atoms with E-state index in [0.29, 0.717) is 13.2 Å². The Hall–Kier alpha value is -1.78. The first-order valence-electron chi connectivity index (χ1n) is 6.90. The lowest BCUT2D eigenvalue weighted by Crippen LogP contribution is -2.06. The Morgan fingerprint density at radius 1 is 0.950 bits per heavy atom. The van der Waals surface area contributed by atoms with Crippen LogP contribution in [-0.2, 0) is 9.47 Å². The molecule has 0 amide bonds. The van der Waals surface area contributed by atoms with Crippen molar-refractivity contribution >= 4 is 10.8 Å². The third kappa shape index (κ3) is 2.71. The van der Waals surface area contributed by atoms with E-state index in [0.717, 1.165) is 35.5 Å². The van der Waals surface area contributed by atoms with Crippen LogP contribution >= 0.6 is 0 Å². The first kappa shape index (κ1) is 12.0. The molecule has 4 nitrogen and oxygen atoms in total. The summed E-state index contributed by atoms with van der Waals surface area (Å²) in [5.41, 5.74) is 0. The van der Waals surface area contributed by atoms with Crippen molar-refractivity contribution in [2.24, 2.45) is 0 Å². The average Bonchev–Trinajstić information content (AvgIpc) is 3.37. The molecule has 4 rings (SSSR count). The van der Waals surface area contributed by atoms with Crippen molar-refractivity contribution in [2.75, 3.05) is 26.4 Å². The van der Waals surface area contributed by atoms with Gasteiger partial charge in [0.1, 0.15) is 36.9 Å². The molecule has 4 heteroatoms. The second kappa shape index (κ2) is 4.96. The van der Waals surface area contributed by atoms with E-state index in [1.165, 1.54) is 0 Å². The SMILES string of the molecule is c1ccc2c(OCC3CO3)cc(OC[C@H]3CO3)cc2c1. The highest BCUT2D eigenvalue weighted by Crippen LogP contribution is 2.32. The van der Waals surface area contributed by atoms with Crippen molar-refractivity contribution in [1.29, 1.82) is 0 Å². The van der Waals surface area contributed by atoms with Gasteiger partial charge in [-0.2, -0.15) is 0 Å². The Labute approximate surface area is 117 Å². The lowest BCUT2D eigenvalue weighted by Gasteiger charge is -2.12. The molecular weight excluding hydrogens is 256 g/mol. The van der Waals surface area contributed by atoms with Gasteiger partial charge < -0.3 is 18.9 Å². The summed E-state index contributed by atoms with van der Waals surface area (Å²) in [6.45, 7) is 2.80. The van der Waals surface area contributed by atoms with Gasteiger partial charge >= 0.3 is 0 Å². The molecule has 0 bridgehead atoms. The molecule has 0 spiro atoms. The monoisotopic (exact) mass is 272 g/mol. The molecule has 0 radical (unpaired) electrons. The number of fused-ring (bicyclic) bond motifs is 1. The van der Waals surface area contributed by atoms with E-state index < -0.39 is 0 Å². The molecule has 2 atom stereocenters. The molecule has 2 heterocycles. The molecule has 2 aliphatic rings. The molecule has 0 aliphatic carbocycles. The highest BCUT2D eigenvalue weighted by molar-refractivity contribution is 5.89. The summed E-state index contributed by atoms with van der Waals surface area (Å²) in [7, 11) is 0. The van der Waals surface area contributed by atoms with Crippen LogP contribution in [0.1, 0.15) is 0 Å². The Kier molecular flexibility index (Phi) is 2.98. The van der Waals surface area contributed by atoms with E-state index in [1.807, 2.05) is 24.3 Å². The fourth-order valence-electron chi connectivity index (χ4n) is 2.15. The molecule has 2 aromatic rings. The zero-order valence-corrected chi connectivity index (χ0v) is 11.1. The Balaban J connectivity index is 1.61. The van der Waals surface area contributed by atoms with Gasteiger partial charge in [-0.15, -0.1) is 0 Å². The van der Waals surface area contributed by atoms with Gasteiger partial charge in [-0.1, -0.05) is 24.3 Å². The predicted molar refractivity (Wildman–Crippen MR) is 74.4 cm³/mol. The van der Waals surface area contributed by atoms with Gasteiger partial charge in [-0.3, -0.25) is 0 Å². The second-order valence-corrected chi connectivity index (χ2v) is 5.18. The maximum Gasteiger partial charge on any atom is 0.130 e. The van der Waals surface area contributed by atoms with Crippen LogP contribution in [0, 0.1) is 0 Å². The van der Waals surface area contributed by atoms with Gasteiger partial charge in [-0.05, 0) is 11.5 Å². The summed E-state index contributed by atoms with van der Waals surface area (Å²) in [5.74, 6) is 1.68. The van der Waals surface area contributed by atoms with Crippen LogP contribution in [0.15, 0.2) is 36.4 Å². The average molecular weight is 272 g/mol. The molecule has 104 valence electrons. The molecule has 0 aromatic heterocycles. The van der Waals surface area contributed by atoms with E-state index in [-0.39, 0.29) is 12.2 Å². The van der Waals surface area contributed by atoms with E-state index >= 15 is 0 Å². The maximum absolute atomic E-state index is 5.87. The largest absolute Gasteiger partial charge is 0.491 e. The van der Waals surface area contributed by atoms with Crippen LogP contribution in [0.4, 0.5) is 0 Å². The van der Waals surface area contributed by atoms with Crippen LogP contribution in [0.2, 0.25) is 0 Å². The molecule has 2 saturated heterocycles. The molecular formula is C16H16O4. The zero-order valence-electron chi connectivity index (χ0n) is 11.1. The van der Waals surface area contributed by atoms with Crippen molar-refractivity contribution in [3.8, 4) is 11.5 Å². The summed E-state index contributed by atoms with van der Waals surface area (Å²) in [4.78, 5) is 0. The van der Waals surface area contributed by atoms with Crippen molar-refractivity contribution < 1.29 is 18.9 Å². The summed E-state index contributed by atoms with van der Waals surface area (Å²) in [6.07, 6.45) is 0.504. The quantitative estimate of drug-likeness (QED) is 0.757. The fraction of sp³-hybridized carbons (Fsp3) is 0.375. The smallest absolute Gasteiger partial charge is 0.130 e. The first-order valence-corrected chi connectivity index (χ1v) is 6.90. The minimum Gasteiger partial charge on any atom is -0.491 e. The normalized spacial score (nSPS) is 23.6. The Morgan fingerprint density at radius 3 is 2.40 bits per heavy atom. The number of rotatable bonds is 6. The highest BCUT2D eigenvalue weighted by Gasteiger charge is 2.24. The Morgan fingerprint density at radius 2 is 1.65 bits per heavy atom. The summed E-state index contributed by atoms with van der Waals surface area (Å²) in [5, 5.41) is 2.22. The number of hydrogen-bond donors (Lipinski definition) is 0. The topological polar surface area (TPSA) is 43.5 Å². The first-order chi connectivity index (χ1) is 9.88. The van der Waals surface area contributed by atoms with Crippen molar-refractivity contribution in [3.05, 3.63) is 36.4 Å². The van der Waals surface area contributed by atoms with Gasteiger partial charge in [0.15, 0.2) is 0 Å². The van der Waals surface area contributed by atoms with Crippen LogP contribution in [0.25, 0.3) is 10.8 Å². The van der Waals surface area contributed by atoms with Crippen molar-refractivity contribution in [1.82, 2.24) is 0 Å². The van der Waals surface area contributed by atoms with Crippen LogP contribution < -0.4 is 9.47 Å².